The van der Waals surface area contributed by atoms with Gasteiger partial charge >= 0.3 is 0 Å². The van der Waals surface area contributed by atoms with E-state index < -0.39 is 0 Å². The molecule has 3 aromatic rings. The van der Waals surface area contributed by atoms with E-state index in [2.05, 4.69) is 68.9 Å². The molecule has 0 amide bonds. The predicted molar refractivity (Wildman–Crippen MR) is 97.1 cm³/mol. The summed E-state index contributed by atoms with van der Waals surface area (Å²) < 4.78 is 2.17. The van der Waals surface area contributed by atoms with Gasteiger partial charge in [0.25, 0.3) is 0 Å². The predicted octanol–water partition coefficient (Wildman–Crippen LogP) is 3.86. The molecule has 2 aromatic heterocycles. The third-order valence-corrected chi connectivity index (χ3v) is 5.46. The molecule has 0 spiro atoms. The van der Waals surface area contributed by atoms with Gasteiger partial charge in [-0.1, -0.05) is 30.3 Å². The normalized spacial score (nSPS) is 17.0. The van der Waals surface area contributed by atoms with Crippen LogP contribution in [0.15, 0.2) is 41.9 Å². The number of thiazole rings is 1. The van der Waals surface area contributed by atoms with Gasteiger partial charge in [0.1, 0.15) is 0 Å². The molecule has 1 aliphatic carbocycles. The number of aryl methyl sites for hydroxylation is 1. The van der Waals surface area contributed by atoms with E-state index in [-0.39, 0.29) is 0 Å². The number of hydrogen-bond acceptors (Lipinski definition) is 4. The molecule has 24 heavy (non-hydrogen) atoms. The van der Waals surface area contributed by atoms with Crippen LogP contribution in [-0.2, 0) is 19.5 Å². The molecule has 0 bridgehead atoms. The Morgan fingerprint density at radius 2 is 2.17 bits per heavy atom. The minimum atomic E-state index is 0.389. The Morgan fingerprint density at radius 1 is 1.29 bits per heavy atom. The van der Waals surface area contributed by atoms with E-state index in [1.807, 2.05) is 0 Å². The number of fused-ring (bicyclic) bond motifs is 1. The van der Waals surface area contributed by atoms with Crippen LogP contribution < -0.4 is 5.32 Å². The van der Waals surface area contributed by atoms with Gasteiger partial charge in [-0.15, -0.1) is 11.3 Å². The van der Waals surface area contributed by atoms with Crippen LogP contribution in [0, 0.1) is 6.92 Å². The summed E-state index contributed by atoms with van der Waals surface area (Å²) in [6.07, 6.45) is 5.56. The molecule has 1 aromatic carbocycles. The summed E-state index contributed by atoms with van der Waals surface area (Å²) in [5.41, 5.74) is 5.19. The molecule has 0 saturated carbocycles. The zero-order valence-electron chi connectivity index (χ0n) is 13.9. The fraction of sp³-hybridized carbons (Fsp3) is 0.368. The number of benzene rings is 1. The Balaban J connectivity index is 1.49. The summed E-state index contributed by atoms with van der Waals surface area (Å²) in [6, 6.07) is 11.0. The first-order valence-corrected chi connectivity index (χ1v) is 9.40. The lowest BCUT2D eigenvalue weighted by Crippen LogP contribution is -2.25. The van der Waals surface area contributed by atoms with Crippen molar-refractivity contribution in [2.75, 3.05) is 0 Å². The third kappa shape index (κ3) is 3.28. The fourth-order valence-corrected chi connectivity index (χ4v) is 4.05. The molecule has 4 nitrogen and oxygen atoms in total. The highest BCUT2D eigenvalue weighted by Crippen LogP contribution is 2.30. The lowest BCUT2D eigenvalue weighted by Gasteiger charge is -2.24. The second-order valence-corrected chi connectivity index (χ2v) is 7.44. The van der Waals surface area contributed by atoms with Crippen molar-refractivity contribution in [3.05, 3.63) is 69.4 Å². The Morgan fingerprint density at radius 3 is 2.96 bits per heavy atom. The minimum Gasteiger partial charge on any atom is -0.304 e. The first-order chi connectivity index (χ1) is 11.8. The molecule has 4 rings (SSSR count). The molecule has 1 N–H and O–H groups in total. The summed E-state index contributed by atoms with van der Waals surface area (Å²) in [5.74, 6) is 0. The highest BCUT2D eigenvalue weighted by molar-refractivity contribution is 7.09. The largest absolute Gasteiger partial charge is 0.304 e. The van der Waals surface area contributed by atoms with Gasteiger partial charge in [0.15, 0.2) is 0 Å². The smallest absolute Gasteiger partial charge is 0.0897 e. The maximum Gasteiger partial charge on any atom is 0.0897 e. The molecule has 0 radical (unpaired) electrons. The first-order valence-electron chi connectivity index (χ1n) is 8.52. The van der Waals surface area contributed by atoms with Gasteiger partial charge < -0.3 is 5.32 Å². The van der Waals surface area contributed by atoms with Crippen molar-refractivity contribution in [1.82, 2.24) is 20.1 Å². The van der Waals surface area contributed by atoms with Gasteiger partial charge in [-0.2, -0.15) is 5.10 Å². The Labute approximate surface area is 146 Å². The van der Waals surface area contributed by atoms with E-state index >= 15 is 0 Å². The van der Waals surface area contributed by atoms with Gasteiger partial charge in [0.2, 0.25) is 0 Å². The van der Waals surface area contributed by atoms with Crippen LogP contribution in [0.4, 0.5) is 0 Å². The van der Waals surface area contributed by atoms with Crippen molar-refractivity contribution in [2.45, 2.75) is 45.3 Å². The fourth-order valence-electron chi connectivity index (χ4n) is 3.44. The molecular formula is C19H22N4S. The SMILES string of the molecule is Cc1nc(CNC2CCCc3c2cnn3Cc2ccccc2)cs1. The van der Waals surface area contributed by atoms with E-state index in [0.29, 0.717) is 6.04 Å². The summed E-state index contributed by atoms with van der Waals surface area (Å²) in [5, 5.41) is 11.6. The molecule has 1 atom stereocenters. The maximum absolute atomic E-state index is 4.67. The van der Waals surface area contributed by atoms with Gasteiger partial charge in [-0.25, -0.2) is 4.98 Å². The molecule has 0 fully saturated rings. The van der Waals surface area contributed by atoms with Crippen LogP contribution >= 0.6 is 11.3 Å². The molecule has 2 heterocycles. The quantitative estimate of drug-likeness (QED) is 0.768. The minimum absolute atomic E-state index is 0.389. The lowest BCUT2D eigenvalue weighted by molar-refractivity contribution is 0.447. The van der Waals surface area contributed by atoms with Gasteiger partial charge in [-0.3, -0.25) is 4.68 Å². The Bertz CT molecular complexity index is 806. The number of aromatic nitrogens is 3. The van der Waals surface area contributed by atoms with Crippen molar-refractivity contribution in [3.63, 3.8) is 0 Å². The molecule has 0 aliphatic heterocycles. The van der Waals surface area contributed by atoms with Crippen LogP contribution in [0.2, 0.25) is 0 Å². The highest BCUT2D eigenvalue weighted by atomic mass is 32.1. The van der Waals surface area contributed by atoms with Crippen molar-refractivity contribution < 1.29 is 0 Å². The molecule has 0 saturated heterocycles. The summed E-state index contributed by atoms with van der Waals surface area (Å²) in [6.45, 7) is 3.74. The van der Waals surface area contributed by atoms with Crippen molar-refractivity contribution in [2.24, 2.45) is 0 Å². The molecule has 1 unspecified atom stereocenters. The second-order valence-electron chi connectivity index (χ2n) is 6.37. The van der Waals surface area contributed by atoms with E-state index in [0.717, 1.165) is 30.2 Å². The molecule has 5 heteroatoms. The third-order valence-electron chi connectivity index (χ3n) is 4.63. The van der Waals surface area contributed by atoms with E-state index in [1.54, 1.807) is 11.3 Å². The van der Waals surface area contributed by atoms with Crippen LogP contribution in [0.5, 0.6) is 0 Å². The zero-order chi connectivity index (χ0) is 16.4. The number of nitrogens with one attached hydrogen (secondary N) is 1. The lowest BCUT2D eigenvalue weighted by atomic mass is 9.93. The van der Waals surface area contributed by atoms with E-state index in [4.69, 9.17) is 0 Å². The Kier molecular flexibility index (Phi) is 4.45. The van der Waals surface area contributed by atoms with Crippen molar-refractivity contribution in [3.8, 4) is 0 Å². The van der Waals surface area contributed by atoms with Crippen LogP contribution in [-0.4, -0.2) is 14.8 Å². The highest BCUT2D eigenvalue weighted by Gasteiger charge is 2.24. The summed E-state index contributed by atoms with van der Waals surface area (Å²) in [4.78, 5) is 4.55. The zero-order valence-corrected chi connectivity index (χ0v) is 14.7. The van der Waals surface area contributed by atoms with Crippen molar-refractivity contribution >= 4 is 11.3 Å². The van der Waals surface area contributed by atoms with E-state index in [9.17, 15) is 0 Å². The van der Waals surface area contributed by atoms with Gasteiger partial charge in [0, 0.05) is 29.2 Å². The topological polar surface area (TPSA) is 42.7 Å². The van der Waals surface area contributed by atoms with Gasteiger partial charge in [-0.05, 0) is 31.7 Å². The van der Waals surface area contributed by atoms with Crippen LogP contribution in [0.1, 0.15) is 46.4 Å². The summed E-state index contributed by atoms with van der Waals surface area (Å²) >= 11 is 1.71. The maximum atomic E-state index is 4.67. The van der Waals surface area contributed by atoms with E-state index in [1.165, 1.54) is 29.7 Å². The Hall–Kier alpha value is -1.98. The molecule has 1 aliphatic rings. The number of hydrogen-bond donors (Lipinski definition) is 1. The first kappa shape index (κ1) is 15.5. The van der Waals surface area contributed by atoms with Gasteiger partial charge in [0.05, 0.1) is 23.4 Å². The average molecular weight is 338 g/mol. The summed E-state index contributed by atoms with van der Waals surface area (Å²) in [7, 11) is 0. The molecular weight excluding hydrogens is 316 g/mol. The van der Waals surface area contributed by atoms with Crippen molar-refractivity contribution in [1.29, 1.82) is 0 Å². The second kappa shape index (κ2) is 6.87. The average Bonchev–Trinajstić information content (AvgIpc) is 3.21. The molecule has 124 valence electrons. The van der Waals surface area contributed by atoms with Crippen LogP contribution in [0.3, 0.4) is 0 Å². The van der Waals surface area contributed by atoms with Crippen LogP contribution in [0.25, 0.3) is 0 Å². The number of nitrogens with zero attached hydrogens (tertiary/aromatic N) is 3. The number of rotatable bonds is 5. The standard InChI is InChI=1S/C19H22N4S/c1-14-22-16(13-24-14)10-20-18-8-5-9-19-17(18)11-21-23(19)12-15-6-3-2-4-7-15/h2-4,6-7,11,13,18,20H,5,8-10,12H2,1H3. The monoisotopic (exact) mass is 338 g/mol.